The topological polar surface area (TPSA) is 92.6 Å². The summed E-state index contributed by atoms with van der Waals surface area (Å²) in [4.78, 5) is 10.2. The molecule has 0 radical (unpaired) electrons. The van der Waals surface area contributed by atoms with Gasteiger partial charge in [-0.05, 0) is 12.5 Å². The van der Waals surface area contributed by atoms with E-state index in [1.165, 1.54) is 30.5 Å². The van der Waals surface area contributed by atoms with Crippen LogP contribution >= 0.6 is 0 Å². The van der Waals surface area contributed by atoms with Gasteiger partial charge in [0.05, 0.1) is 10.7 Å². The van der Waals surface area contributed by atoms with Gasteiger partial charge in [0.15, 0.2) is 0 Å². The Balaban J connectivity index is 2.62. The summed E-state index contributed by atoms with van der Waals surface area (Å²) in [5, 5.41) is 13.7. The van der Waals surface area contributed by atoms with E-state index < -0.39 is 14.9 Å². The van der Waals surface area contributed by atoms with E-state index in [9.17, 15) is 18.5 Å². The van der Waals surface area contributed by atoms with Crippen molar-refractivity contribution in [3.05, 3.63) is 39.9 Å². The van der Waals surface area contributed by atoms with Crippen molar-refractivity contribution < 1.29 is 13.3 Å². The van der Waals surface area contributed by atoms with Crippen LogP contribution in [0.4, 0.5) is 5.69 Å². The second-order valence-corrected chi connectivity index (χ2v) is 6.93. The van der Waals surface area contributed by atoms with E-state index in [-0.39, 0.29) is 24.0 Å². The Morgan fingerprint density at radius 3 is 2.60 bits per heavy atom. The van der Waals surface area contributed by atoms with Gasteiger partial charge < -0.3 is 5.32 Å². The van der Waals surface area contributed by atoms with Gasteiger partial charge in [0, 0.05) is 38.8 Å². The lowest BCUT2D eigenvalue weighted by molar-refractivity contribution is -0.384. The van der Waals surface area contributed by atoms with Crippen LogP contribution in [0.3, 0.4) is 0 Å². The highest BCUT2D eigenvalue weighted by atomic mass is 32.2. The van der Waals surface area contributed by atoms with E-state index in [0.717, 1.165) is 5.56 Å². The van der Waals surface area contributed by atoms with Crippen LogP contribution < -0.4 is 5.32 Å². The molecule has 1 aromatic carbocycles. The fourth-order valence-electron chi connectivity index (χ4n) is 1.61. The number of hydrogen-bond acceptors (Lipinski definition) is 5. The van der Waals surface area contributed by atoms with Crippen LogP contribution in [-0.4, -0.2) is 44.0 Å². The Kier molecular flexibility index (Phi) is 5.61. The monoisotopic (exact) mass is 301 g/mol. The molecule has 1 atom stereocenters. The molecule has 0 aromatic heterocycles. The zero-order valence-electron chi connectivity index (χ0n) is 11.7. The average Bonchev–Trinajstić information content (AvgIpc) is 2.38. The van der Waals surface area contributed by atoms with Crippen LogP contribution in [0, 0.1) is 10.1 Å². The van der Waals surface area contributed by atoms with Crippen molar-refractivity contribution in [2.45, 2.75) is 13.0 Å². The predicted octanol–water partition coefficient (Wildman–Crippen LogP) is 1.14. The van der Waals surface area contributed by atoms with Gasteiger partial charge in [0.25, 0.3) is 5.69 Å². The summed E-state index contributed by atoms with van der Waals surface area (Å²) in [7, 11) is -0.264. The molecule has 0 aliphatic carbocycles. The predicted molar refractivity (Wildman–Crippen MR) is 77.0 cm³/mol. The highest BCUT2D eigenvalue weighted by Gasteiger charge is 2.15. The summed E-state index contributed by atoms with van der Waals surface area (Å²) >= 11 is 0. The first-order chi connectivity index (χ1) is 9.24. The van der Waals surface area contributed by atoms with Crippen LogP contribution in [0.15, 0.2) is 24.3 Å². The number of benzene rings is 1. The van der Waals surface area contributed by atoms with Gasteiger partial charge in [-0.25, -0.2) is 12.7 Å². The van der Waals surface area contributed by atoms with Crippen molar-refractivity contribution in [3.8, 4) is 0 Å². The minimum Gasteiger partial charge on any atom is -0.309 e. The Bertz CT molecular complexity index is 572. The molecule has 1 N–H and O–H groups in total. The fraction of sp³-hybridized carbons (Fsp3) is 0.500. The van der Waals surface area contributed by atoms with Crippen LogP contribution in [0.25, 0.3) is 0 Å². The number of nitrogens with zero attached hydrogens (tertiary/aromatic N) is 2. The molecule has 0 bridgehead atoms. The van der Waals surface area contributed by atoms with E-state index >= 15 is 0 Å². The first-order valence-corrected chi connectivity index (χ1v) is 7.73. The first kappa shape index (κ1) is 16.5. The molecule has 0 saturated heterocycles. The molecule has 0 amide bonds. The zero-order valence-corrected chi connectivity index (χ0v) is 12.6. The number of rotatable bonds is 7. The van der Waals surface area contributed by atoms with Gasteiger partial charge in [0.2, 0.25) is 10.0 Å². The third kappa shape index (κ3) is 4.55. The van der Waals surface area contributed by atoms with Crippen molar-refractivity contribution in [2.75, 3.05) is 26.4 Å². The number of non-ortho nitro benzene ring substituents is 1. The average molecular weight is 301 g/mol. The van der Waals surface area contributed by atoms with Crippen molar-refractivity contribution in [2.24, 2.45) is 0 Å². The van der Waals surface area contributed by atoms with Crippen LogP contribution in [-0.2, 0) is 10.0 Å². The van der Waals surface area contributed by atoms with Gasteiger partial charge in [-0.1, -0.05) is 12.1 Å². The summed E-state index contributed by atoms with van der Waals surface area (Å²) in [6.07, 6.45) is 0. The molecule has 0 heterocycles. The molecular formula is C12H19N3O4S. The molecule has 1 unspecified atom stereocenters. The van der Waals surface area contributed by atoms with Gasteiger partial charge in [-0.15, -0.1) is 0 Å². The largest absolute Gasteiger partial charge is 0.309 e. The fourth-order valence-corrected chi connectivity index (χ4v) is 2.35. The Morgan fingerprint density at radius 2 is 2.05 bits per heavy atom. The molecule has 0 aliphatic heterocycles. The standard InChI is InChI=1S/C12H19N3O4S/c1-10(13-7-8-20(18,19)14(2)3)11-5-4-6-12(9-11)15(16)17/h4-6,9-10,13H,7-8H2,1-3H3. The smallest absolute Gasteiger partial charge is 0.269 e. The number of sulfonamides is 1. The lowest BCUT2D eigenvalue weighted by atomic mass is 10.1. The minimum absolute atomic E-state index is 0.0146. The van der Waals surface area contributed by atoms with E-state index in [2.05, 4.69) is 5.32 Å². The van der Waals surface area contributed by atoms with Crippen molar-refractivity contribution in [1.29, 1.82) is 0 Å². The first-order valence-electron chi connectivity index (χ1n) is 6.12. The second kappa shape index (κ2) is 6.78. The third-order valence-corrected chi connectivity index (χ3v) is 4.78. The summed E-state index contributed by atoms with van der Waals surface area (Å²) in [5.41, 5.74) is 0.776. The molecule has 1 rings (SSSR count). The van der Waals surface area contributed by atoms with Gasteiger partial charge in [0.1, 0.15) is 0 Å². The van der Waals surface area contributed by atoms with Crippen molar-refractivity contribution in [3.63, 3.8) is 0 Å². The molecule has 0 aliphatic rings. The molecule has 8 heteroatoms. The quantitative estimate of drug-likeness (QED) is 0.602. The summed E-state index contributed by atoms with van der Waals surface area (Å²) in [6.45, 7) is 2.12. The van der Waals surface area contributed by atoms with E-state index in [1.807, 2.05) is 6.92 Å². The van der Waals surface area contributed by atoms with Crippen LogP contribution in [0.2, 0.25) is 0 Å². The lowest BCUT2D eigenvalue weighted by Gasteiger charge is -2.16. The minimum atomic E-state index is -3.24. The SMILES string of the molecule is CC(NCCS(=O)(=O)N(C)C)c1cccc([N+](=O)[O-])c1. The highest BCUT2D eigenvalue weighted by Crippen LogP contribution is 2.18. The van der Waals surface area contributed by atoms with Crippen LogP contribution in [0.5, 0.6) is 0 Å². The molecule has 0 spiro atoms. The van der Waals surface area contributed by atoms with Crippen LogP contribution in [0.1, 0.15) is 18.5 Å². The summed E-state index contributed by atoms with van der Waals surface area (Å²) < 4.78 is 24.4. The molecule has 7 nitrogen and oxygen atoms in total. The van der Waals surface area contributed by atoms with E-state index in [0.29, 0.717) is 0 Å². The third-order valence-electron chi connectivity index (χ3n) is 2.95. The summed E-state index contributed by atoms with van der Waals surface area (Å²) in [5.74, 6) is -0.0146. The molecule has 1 aromatic rings. The number of nitro groups is 1. The maximum absolute atomic E-state index is 11.6. The maximum atomic E-state index is 11.6. The number of nitrogens with one attached hydrogen (secondary N) is 1. The number of nitro benzene ring substituents is 1. The molecule has 0 fully saturated rings. The Morgan fingerprint density at radius 1 is 1.40 bits per heavy atom. The Hall–Kier alpha value is -1.51. The Labute approximate surface area is 118 Å². The maximum Gasteiger partial charge on any atom is 0.269 e. The summed E-state index contributed by atoms with van der Waals surface area (Å²) in [6, 6.07) is 6.13. The lowest BCUT2D eigenvalue weighted by Crippen LogP contribution is -2.32. The number of hydrogen-bond donors (Lipinski definition) is 1. The van der Waals surface area contributed by atoms with E-state index in [4.69, 9.17) is 0 Å². The van der Waals surface area contributed by atoms with Gasteiger partial charge in [-0.3, -0.25) is 10.1 Å². The van der Waals surface area contributed by atoms with E-state index in [1.54, 1.807) is 12.1 Å². The van der Waals surface area contributed by atoms with Crippen molar-refractivity contribution in [1.82, 2.24) is 9.62 Å². The molecule has 20 heavy (non-hydrogen) atoms. The normalized spacial score (nSPS) is 13.4. The second-order valence-electron chi connectivity index (χ2n) is 4.63. The molecule has 0 saturated carbocycles. The highest BCUT2D eigenvalue weighted by molar-refractivity contribution is 7.89. The molecule has 112 valence electrons. The zero-order chi connectivity index (χ0) is 15.3. The van der Waals surface area contributed by atoms with Gasteiger partial charge in [-0.2, -0.15) is 0 Å². The van der Waals surface area contributed by atoms with Crippen molar-refractivity contribution >= 4 is 15.7 Å². The van der Waals surface area contributed by atoms with Gasteiger partial charge >= 0.3 is 0 Å². The molecular weight excluding hydrogens is 282 g/mol.